The van der Waals surface area contributed by atoms with Crippen LogP contribution >= 0.6 is 0 Å². The Balaban J connectivity index is 1.83. The minimum atomic E-state index is -0.0233. The second kappa shape index (κ2) is 6.69. The number of carbonyl (C=O) groups is 1. The standard InChI is InChI=1S/C23H25N3O/c1-4-15-5-7-17(8-6-15)25-22-20-18(13-23(2,3)14-19(20)27)26-21(22)16-9-11-24-12-10-16/h5-12,25-26H,4,13-14H2,1-3H3. The molecule has 0 fully saturated rings. The molecule has 1 aromatic carbocycles. The molecule has 2 aromatic heterocycles. The third kappa shape index (κ3) is 3.39. The van der Waals surface area contributed by atoms with Crippen LogP contribution in [0.1, 0.15) is 48.8 Å². The smallest absolute Gasteiger partial charge is 0.167 e. The first-order valence-corrected chi connectivity index (χ1v) is 9.51. The zero-order valence-electron chi connectivity index (χ0n) is 16.1. The number of aromatic nitrogens is 2. The number of benzene rings is 1. The predicted molar refractivity (Wildman–Crippen MR) is 110 cm³/mol. The highest BCUT2D eigenvalue weighted by Crippen LogP contribution is 2.43. The van der Waals surface area contributed by atoms with Crippen LogP contribution in [-0.2, 0) is 12.8 Å². The van der Waals surface area contributed by atoms with Crippen molar-refractivity contribution in [3.63, 3.8) is 0 Å². The molecule has 3 aromatic rings. The van der Waals surface area contributed by atoms with Gasteiger partial charge in [-0.15, -0.1) is 0 Å². The van der Waals surface area contributed by atoms with Gasteiger partial charge in [-0.3, -0.25) is 9.78 Å². The molecule has 0 saturated carbocycles. The molecule has 4 nitrogen and oxygen atoms in total. The van der Waals surface area contributed by atoms with Crippen LogP contribution in [0.25, 0.3) is 11.3 Å². The molecule has 0 radical (unpaired) electrons. The van der Waals surface area contributed by atoms with Crippen molar-refractivity contribution in [1.29, 1.82) is 0 Å². The average Bonchev–Trinajstić information content (AvgIpc) is 3.00. The van der Waals surface area contributed by atoms with Gasteiger partial charge in [-0.25, -0.2) is 0 Å². The van der Waals surface area contributed by atoms with E-state index in [9.17, 15) is 4.79 Å². The van der Waals surface area contributed by atoms with Gasteiger partial charge in [0.15, 0.2) is 5.78 Å². The molecule has 27 heavy (non-hydrogen) atoms. The molecule has 0 atom stereocenters. The maximum absolute atomic E-state index is 13.0. The quantitative estimate of drug-likeness (QED) is 0.643. The van der Waals surface area contributed by atoms with Gasteiger partial charge in [0.25, 0.3) is 0 Å². The monoisotopic (exact) mass is 359 g/mol. The van der Waals surface area contributed by atoms with E-state index in [0.717, 1.165) is 46.7 Å². The Labute approximate surface area is 160 Å². The SMILES string of the molecule is CCc1ccc(Nc2c(-c3ccncc3)[nH]c3c2C(=O)CC(C)(C)C3)cc1. The number of pyridine rings is 1. The van der Waals surface area contributed by atoms with Gasteiger partial charge in [0.05, 0.1) is 16.9 Å². The molecule has 2 N–H and O–H groups in total. The van der Waals surface area contributed by atoms with Gasteiger partial charge in [-0.05, 0) is 48.1 Å². The van der Waals surface area contributed by atoms with E-state index in [1.807, 2.05) is 12.1 Å². The van der Waals surface area contributed by atoms with E-state index in [1.165, 1.54) is 5.56 Å². The lowest BCUT2D eigenvalue weighted by molar-refractivity contribution is 0.0912. The van der Waals surface area contributed by atoms with Crippen LogP contribution in [-0.4, -0.2) is 15.8 Å². The van der Waals surface area contributed by atoms with Crippen molar-refractivity contribution in [2.45, 2.75) is 40.0 Å². The molecule has 0 saturated heterocycles. The van der Waals surface area contributed by atoms with Crippen LogP contribution in [0.2, 0.25) is 0 Å². The molecule has 2 heterocycles. The van der Waals surface area contributed by atoms with Crippen LogP contribution in [0.15, 0.2) is 48.8 Å². The lowest BCUT2D eigenvalue weighted by Crippen LogP contribution is -2.26. The summed E-state index contributed by atoms with van der Waals surface area (Å²) in [5.41, 5.74) is 6.94. The largest absolute Gasteiger partial charge is 0.356 e. The number of rotatable bonds is 4. The van der Waals surface area contributed by atoms with Gasteiger partial charge in [0, 0.05) is 35.8 Å². The zero-order chi connectivity index (χ0) is 19.0. The van der Waals surface area contributed by atoms with Crippen LogP contribution in [0.4, 0.5) is 11.4 Å². The summed E-state index contributed by atoms with van der Waals surface area (Å²) >= 11 is 0. The lowest BCUT2D eigenvalue weighted by atomic mass is 9.76. The summed E-state index contributed by atoms with van der Waals surface area (Å²) in [4.78, 5) is 20.6. The molecule has 1 aliphatic rings. The van der Waals surface area contributed by atoms with Crippen LogP contribution in [0.5, 0.6) is 0 Å². The van der Waals surface area contributed by atoms with Gasteiger partial charge < -0.3 is 10.3 Å². The molecule has 138 valence electrons. The molecule has 0 bridgehead atoms. The number of aromatic amines is 1. The van der Waals surface area contributed by atoms with Gasteiger partial charge in [0.1, 0.15) is 0 Å². The first kappa shape index (κ1) is 17.5. The van der Waals surface area contributed by atoms with Gasteiger partial charge >= 0.3 is 0 Å². The maximum atomic E-state index is 13.0. The minimum absolute atomic E-state index is 0.0233. The Morgan fingerprint density at radius 1 is 1.07 bits per heavy atom. The topological polar surface area (TPSA) is 57.8 Å². The second-order valence-corrected chi connectivity index (χ2v) is 8.08. The van der Waals surface area contributed by atoms with Crippen molar-refractivity contribution in [3.8, 4) is 11.3 Å². The molecule has 0 aliphatic heterocycles. The molecule has 4 heteroatoms. The first-order chi connectivity index (χ1) is 13.0. The summed E-state index contributed by atoms with van der Waals surface area (Å²) in [6.07, 6.45) is 6.00. The number of carbonyl (C=O) groups excluding carboxylic acids is 1. The highest BCUT2D eigenvalue weighted by molar-refractivity contribution is 6.07. The van der Waals surface area contributed by atoms with Crippen molar-refractivity contribution in [2.24, 2.45) is 5.41 Å². The number of fused-ring (bicyclic) bond motifs is 1. The van der Waals surface area contributed by atoms with E-state index < -0.39 is 0 Å². The Kier molecular flexibility index (Phi) is 4.34. The van der Waals surface area contributed by atoms with Crippen molar-refractivity contribution in [2.75, 3.05) is 5.32 Å². The number of ketones is 1. The third-order valence-corrected chi connectivity index (χ3v) is 5.25. The van der Waals surface area contributed by atoms with E-state index in [-0.39, 0.29) is 11.2 Å². The Morgan fingerprint density at radius 2 is 1.78 bits per heavy atom. The van der Waals surface area contributed by atoms with Crippen LogP contribution < -0.4 is 5.32 Å². The third-order valence-electron chi connectivity index (χ3n) is 5.25. The van der Waals surface area contributed by atoms with Gasteiger partial charge in [0.2, 0.25) is 0 Å². The van der Waals surface area contributed by atoms with Crippen molar-refractivity contribution in [1.82, 2.24) is 9.97 Å². The molecular weight excluding hydrogens is 334 g/mol. The van der Waals surface area contributed by atoms with E-state index in [4.69, 9.17) is 0 Å². The first-order valence-electron chi connectivity index (χ1n) is 9.51. The van der Waals surface area contributed by atoms with Gasteiger partial charge in [-0.1, -0.05) is 32.9 Å². The fourth-order valence-corrected chi connectivity index (χ4v) is 3.88. The average molecular weight is 359 g/mol. The number of hydrogen-bond donors (Lipinski definition) is 2. The van der Waals surface area contributed by atoms with E-state index in [2.05, 4.69) is 60.3 Å². The zero-order valence-corrected chi connectivity index (χ0v) is 16.1. The molecule has 0 spiro atoms. The fourth-order valence-electron chi connectivity index (χ4n) is 3.88. The highest BCUT2D eigenvalue weighted by Gasteiger charge is 2.35. The number of nitrogens with zero attached hydrogens (tertiary/aromatic N) is 1. The Bertz CT molecular complexity index is 969. The normalized spacial score (nSPS) is 15.4. The van der Waals surface area contributed by atoms with Crippen molar-refractivity contribution >= 4 is 17.2 Å². The Morgan fingerprint density at radius 3 is 2.44 bits per heavy atom. The lowest BCUT2D eigenvalue weighted by Gasteiger charge is -2.28. The minimum Gasteiger partial charge on any atom is -0.356 e. The fraction of sp³-hybridized carbons (Fsp3) is 0.304. The van der Waals surface area contributed by atoms with E-state index >= 15 is 0 Å². The number of hydrogen-bond acceptors (Lipinski definition) is 3. The molecular formula is C23H25N3O. The number of H-pyrrole nitrogens is 1. The second-order valence-electron chi connectivity index (χ2n) is 8.08. The van der Waals surface area contributed by atoms with Crippen molar-refractivity contribution in [3.05, 3.63) is 65.6 Å². The van der Waals surface area contributed by atoms with E-state index in [1.54, 1.807) is 12.4 Å². The van der Waals surface area contributed by atoms with Crippen LogP contribution in [0, 0.1) is 5.41 Å². The summed E-state index contributed by atoms with van der Waals surface area (Å²) in [6, 6.07) is 12.3. The van der Waals surface area contributed by atoms with Crippen LogP contribution in [0.3, 0.4) is 0 Å². The molecule has 1 aliphatic carbocycles. The summed E-state index contributed by atoms with van der Waals surface area (Å²) in [5, 5.41) is 3.52. The summed E-state index contributed by atoms with van der Waals surface area (Å²) < 4.78 is 0. The number of nitrogens with one attached hydrogen (secondary N) is 2. The number of aryl methyl sites for hydroxylation is 1. The predicted octanol–water partition coefficient (Wildman–Crippen LogP) is 5.54. The number of anilines is 2. The molecule has 0 amide bonds. The summed E-state index contributed by atoms with van der Waals surface area (Å²) in [6.45, 7) is 6.45. The van der Waals surface area contributed by atoms with Crippen molar-refractivity contribution < 1.29 is 4.79 Å². The summed E-state index contributed by atoms with van der Waals surface area (Å²) in [5.74, 6) is 0.200. The summed E-state index contributed by atoms with van der Waals surface area (Å²) in [7, 11) is 0. The molecule has 4 rings (SSSR count). The number of Topliss-reactive ketones (excluding diaryl/α,β-unsaturated/α-hetero) is 1. The van der Waals surface area contributed by atoms with E-state index in [0.29, 0.717) is 6.42 Å². The molecule has 0 unspecified atom stereocenters. The Hall–Kier alpha value is -2.88. The maximum Gasteiger partial charge on any atom is 0.167 e. The van der Waals surface area contributed by atoms with Gasteiger partial charge in [-0.2, -0.15) is 0 Å². The highest BCUT2D eigenvalue weighted by atomic mass is 16.1.